The number of hydrogen-bond acceptors (Lipinski definition) is 4. The first-order valence-corrected chi connectivity index (χ1v) is 7.44. The fourth-order valence-corrected chi connectivity index (χ4v) is 2.72. The van der Waals surface area contributed by atoms with Gasteiger partial charge in [-0.1, -0.05) is 36.8 Å². The Morgan fingerprint density at radius 3 is 2.80 bits per heavy atom. The van der Waals surface area contributed by atoms with Gasteiger partial charge in [0.1, 0.15) is 0 Å². The largest absolute Gasteiger partial charge is 0.395 e. The van der Waals surface area contributed by atoms with Crippen LogP contribution in [0.1, 0.15) is 24.8 Å². The number of aliphatic hydroxyl groups excluding tert-OH is 2. The Hall–Kier alpha value is -0.940. The lowest BCUT2D eigenvalue weighted by molar-refractivity contribution is -0.0106. The van der Waals surface area contributed by atoms with Crippen molar-refractivity contribution >= 4 is 0 Å². The van der Waals surface area contributed by atoms with E-state index >= 15 is 0 Å². The number of benzene rings is 1. The zero-order chi connectivity index (χ0) is 14.2. The Morgan fingerprint density at radius 1 is 1.25 bits per heavy atom. The molecule has 0 spiro atoms. The molecule has 112 valence electrons. The number of ether oxygens (including phenoxy) is 1. The monoisotopic (exact) mass is 279 g/mol. The van der Waals surface area contributed by atoms with Gasteiger partial charge in [0.05, 0.1) is 25.9 Å². The Bertz CT molecular complexity index is 371. The Morgan fingerprint density at radius 2 is 2.05 bits per heavy atom. The van der Waals surface area contributed by atoms with Crippen molar-refractivity contribution in [1.29, 1.82) is 0 Å². The second-order valence-electron chi connectivity index (χ2n) is 5.48. The van der Waals surface area contributed by atoms with E-state index in [-0.39, 0.29) is 12.6 Å². The summed E-state index contributed by atoms with van der Waals surface area (Å²) in [5, 5.41) is 19.4. The van der Waals surface area contributed by atoms with Gasteiger partial charge < -0.3 is 14.9 Å². The average molecular weight is 279 g/mol. The summed E-state index contributed by atoms with van der Waals surface area (Å²) in [5.74, 6) is 0. The Labute approximate surface area is 121 Å². The SMILES string of the molecule is OC[C@H]1CCCCN1CC(O)COCc1ccccc1. The van der Waals surface area contributed by atoms with Gasteiger partial charge in [0, 0.05) is 12.6 Å². The van der Waals surface area contributed by atoms with Crippen LogP contribution in [-0.2, 0) is 11.3 Å². The van der Waals surface area contributed by atoms with Crippen molar-refractivity contribution in [2.45, 2.75) is 38.0 Å². The molecule has 1 heterocycles. The smallest absolute Gasteiger partial charge is 0.0900 e. The van der Waals surface area contributed by atoms with Crippen LogP contribution in [-0.4, -0.2) is 53.6 Å². The predicted molar refractivity (Wildman–Crippen MR) is 78.4 cm³/mol. The van der Waals surface area contributed by atoms with Crippen molar-refractivity contribution in [2.24, 2.45) is 0 Å². The number of rotatable bonds is 7. The van der Waals surface area contributed by atoms with Gasteiger partial charge in [0.25, 0.3) is 0 Å². The summed E-state index contributed by atoms with van der Waals surface area (Å²) in [6, 6.07) is 10.2. The van der Waals surface area contributed by atoms with Gasteiger partial charge in [-0.2, -0.15) is 0 Å². The molecule has 0 saturated carbocycles. The first kappa shape index (κ1) is 15.4. The molecule has 4 nitrogen and oxygen atoms in total. The van der Waals surface area contributed by atoms with E-state index in [4.69, 9.17) is 4.74 Å². The van der Waals surface area contributed by atoms with Crippen LogP contribution >= 0.6 is 0 Å². The van der Waals surface area contributed by atoms with E-state index in [1.165, 1.54) is 6.42 Å². The topological polar surface area (TPSA) is 52.9 Å². The van der Waals surface area contributed by atoms with Gasteiger partial charge in [-0.25, -0.2) is 0 Å². The van der Waals surface area contributed by atoms with Crippen LogP contribution in [0.3, 0.4) is 0 Å². The molecule has 0 bridgehead atoms. The minimum absolute atomic E-state index is 0.178. The maximum atomic E-state index is 10.0. The van der Waals surface area contributed by atoms with E-state index in [2.05, 4.69) is 4.90 Å². The number of hydrogen-bond donors (Lipinski definition) is 2. The Kier molecular flexibility index (Phi) is 6.47. The lowest BCUT2D eigenvalue weighted by Gasteiger charge is -2.35. The third kappa shape index (κ3) is 4.87. The van der Waals surface area contributed by atoms with Crippen LogP contribution < -0.4 is 0 Å². The number of β-amino-alcohol motifs (C(OH)–C–C–N with tert-alkyl or cyclic N) is 1. The van der Waals surface area contributed by atoms with Gasteiger partial charge >= 0.3 is 0 Å². The third-order valence-electron chi connectivity index (χ3n) is 3.83. The first-order chi connectivity index (χ1) is 9.79. The lowest BCUT2D eigenvalue weighted by Crippen LogP contribution is -2.46. The highest BCUT2D eigenvalue weighted by Gasteiger charge is 2.23. The predicted octanol–water partition coefficient (Wildman–Crippen LogP) is 1.41. The molecule has 1 saturated heterocycles. The maximum absolute atomic E-state index is 10.0. The van der Waals surface area contributed by atoms with Crippen LogP contribution in [0.15, 0.2) is 30.3 Å². The van der Waals surface area contributed by atoms with Crippen molar-refractivity contribution in [3.05, 3.63) is 35.9 Å². The molecule has 2 atom stereocenters. The molecule has 1 fully saturated rings. The third-order valence-corrected chi connectivity index (χ3v) is 3.83. The molecule has 1 aromatic rings. The zero-order valence-electron chi connectivity index (χ0n) is 11.9. The van der Waals surface area contributed by atoms with Crippen molar-refractivity contribution in [2.75, 3.05) is 26.3 Å². The summed E-state index contributed by atoms with van der Waals surface area (Å²) in [6.45, 7) is 2.59. The van der Waals surface area contributed by atoms with Crippen LogP contribution in [0.5, 0.6) is 0 Å². The van der Waals surface area contributed by atoms with Crippen LogP contribution in [0, 0.1) is 0 Å². The summed E-state index contributed by atoms with van der Waals surface area (Å²) in [7, 11) is 0. The highest BCUT2D eigenvalue weighted by Crippen LogP contribution is 2.16. The maximum Gasteiger partial charge on any atom is 0.0900 e. The van der Waals surface area contributed by atoms with E-state index in [1.54, 1.807) is 0 Å². The molecule has 2 rings (SSSR count). The average Bonchev–Trinajstić information content (AvgIpc) is 2.49. The molecule has 1 aliphatic heterocycles. The second-order valence-corrected chi connectivity index (χ2v) is 5.48. The summed E-state index contributed by atoms with van der Waals surface area (Å²) < 4.78 is 5.55. The summed E-state index contributed by atoms with van der Waals surface area (Å²) in [5.41, 5.74) is 1.12. The minimum atomic E-state index is -0.495. The fourth-order valence-electron chi connectivity index (χ4n) is 2.72. The fraction of sp³-hybridized carbons (Fsp3) is 0.625. The second kappa shape index (κ2) is 8.37. The molecular weight excluding hydrogens is 254 g/mol. The van der Waals surface area contributed by atoms with Crippen LogP contribution in [0.4, 0.5) is 0 Å². The molecule has 1 aromatic carbocycles. The molecule has 1 unspecified atom stereocenters. The normalized spacial score (nSPS) is 21.8. The number of nitrogens with zero attached hydrogens (tertiary/aromatic N) is 1. The highest BCUT2D eigenvalue weighted by molar-refractivity contribution is 5.13. The molecule has 0 amide bonds. The zero-order valence-corrected chi connectivity index (χ0v) is 11.9. The molecule has 2 N–H and O–H groups in total. The molecule has 20 heavy (non-hydrogen) atoms. The lowest BCUT2D eigenvalue weighted by atomic mass is 10.0. The minimum Gasteiger partial charge on any atom is -0.395 e. The standard InChI is InChI=1S/C16H25NO3/c18-11-15-8-4-5-9-17(15)10-16(19)13-20-12-14-6-2-1-3-7-14/h1-3,6-7,15-16,18-19H,4-5,8-13H2/t15-,16?/m1/s1. The summed E-state index contributed by atoms with van der Waals surface area (Å²) in [4.78, 5) is 2.18. The van der Waals surface area contributed by atoms with Gasteiger partial charge in [-0.3, -0.25) is 4.90 Å². The van der Waals surface area contributed by atoms with E-state index in [0.29, 0.717) is 19.8 Å². The molecule has 0 aromatic heterocycles. The first-order valence-electron chi connectivity index (χ1n) is 7.44. The quantitative estimate of drug-likeness (QED) is 0.792. The summed E-state index contributed by atoms with van der Waals surface area (Å²) in [6.07, 6.45) is 2.84. The Balaban J connectivity index is 1.68. The highest BCUT2D eigenvalue weighted by atomic mass is 16.5. The van der Waals surface area contributed by atoms with Crippen molar-refractivity contribution in [1.82, 2.24) is 4.90 Å². The molecule has 1 aliphatic rings. The van der Waals surface area contributed by atoms with E-state index in [1.807, 2.05) is 30.3 Å². The van der Waals surface area contributed by atoms with Crippen molar-refractivity contribution in [3.63, 3.8) is 0 Å². The van der Waals surface area contributed by atoms with E-state index in [0.717, 1.165) is 24.9 Å². The molecular formula is C16H25NO3. The number of aliphatic hydroxyl groups is 2. The van der Waals surface area contributed by atoms with E-state index in [9.17, 15) is 10.2 Å². The van der Waals surface area contributed by atoms with Crippen molar-refractivity contribution < 1.29 is 14.9 Å². The van der Waals surface area contributed by atoms with Crippen LogP contribution in [0.25, 0.3) is 0 Å². The van der Waals surface area contributed by atoms with Gasteiger partial charge in [0.15, 0.2) is 0 Å². The molecule has 0 aliphatic carbocycles. The van der Waals surface area contributed by atoms with Gasteiger partial charge in [-0.05, 0) is 24.9 Å². The summed E-state index contributed by atoms with van der Waals surface area (Å²) >= 11 is 0. The van der Waals surface area contributed by atoms with Gasteiger partial charge in [0.2, 0.25) is 0 Å². The molecule has 0 radical (unpaired) electrons. The number of piperidine rings is 1. The molecule has 4 heteroatoms. The van der Waals surface area contributed by atoms with Crippen LogP contribution in [0.2, 0.25) is 0 Å². The van der Waals surface area contributed by atoms with E-state index < -0.39 is 6.10 Å². The van der Waals surface area contributed by atoms with Gasteiger partial charge in [-0.15, -0.1) is 0 Å². The van der Waals surface area contributed by atoms with Crippen molar-refractivity contribution in [3.8, 4) is 0 Å². The number of likely N-dealkylation sites (tertiary alicyclic amines) is 1.